The minimum atomic E-state index is -0.0940. The van der Waals surface area contributed by atoms with E-state index in [1.165, 1.54) is 0 Å². The number of pyridine rings is 1. The molecule has 0 saturated heterocycles. The largest absolute Gasteiger partial charge is 0.345 e. The number of nitrogens with zero attached hydrogens (tertiary/aromatic N) is 3. The highest BCUT2D eigenvalue weighted by molar-refractivity contribution is 5.94. The van der Waals surface area contributed by atoms with Crippen molar-refractivity contribution in [1.82, 2.24) is 19.9 Å². The summed E-state index contributed by atoms with van der Waals surface area (Å²) in [6.45, 7) is 5.42. The summed E-state index contributed by atoms with van der Waals surface area (Å²) in [5.41, 5.74) is 3.78. The van der Waals surface area contributed by atoms with Gasteiger partial charge in [-0.05, 0) is 48.7 Å². The van der Waals surface area contributed by atoms with E-state index in [1.807, 2.05) is 49.5 Å². The van der Waals surface area contributed by atoms with Gasteiger partial charge in [0, 0.05) is 36.4 Å². The van der Waals surface area contributed by atoms with Crippen molar-refractivity contribution in [2.75, 3.05) is 0 Å². The van der Waals surface area contributed by atoms with Gasteiger partial charge in [0.15, 0.2) is 0 Å². The van der Waals surface area contributed by atoms with Gasteiger partial charge >= 0.3 is 0 Å². The van der Waals surface area contributed by atoms with Crippen molar-refractivity contribution in [1.29, 1.82) is 0 Å². The van der Waals surface area contributed by atoms with Crippen LogP contribution in [0, 0.1) is 6.92 Å². The Morgan fingerprint density at radius 1 is 1.08 bits per heavy atom. The van der Waals surface area contributed by atoms with E-state index in [0.717, 1.165) is 35.6 Å². The zero-order chi connectivity index (χ0) is 17.6. The van der Waals surface area contributed by atoms with Gasteiger partial charge in [0.25, 0.3) is 5.91 Å². The number of benzene rings is 1. The second-order valence-corrected chi connectivity index (χ2v) is 5.98. The molecule has 1 amide bonds. The van der Waals surface area contributed by atoms with E-state index in [4.69, 9.17) is 0 Å². The zero-order valence-electron chi connectivity index (χ0n) is 14.6. The molecule has 128 valence electrons. The molecule has 0 aliphatic carbocycles. The fourth-order valence-corrected chi connectivity index (χ4v) is 2.75. The number of carbonyl (C=O) groups is 1. The molecule has 5 heteroatoms. The first-order chi connectivity index (χ1) is 12.2. The fourth-order valence-electron chi connectivity index (χ4n) is 2.75. The Bertz CT molecular complexity index is 852. The summed E-state index contributed by atoms with van der Waals surface area (Å²) < 4.78 is 2.06. The maximum atomic E-state index is 12.4. The van der Waals surface area contributed by atoms with E-state index in [1.54, 1.807) is 12.4 Å². The van der Waals surface area contributed by atoms with Crippen LogP contribution in [0.5, 0.6) is 0 Å². The van der Waals surface area contributed by atoms with Gasteiger partial charge in [-0.1, -0.05) is 19.1 Å². The highest BCUT2D eigenvalue weighted by Crippen LogP contribution is 2.19. The van der Waals surface area contributed by atoms with Crippen molar-refractivity contribution in [3.63, 3.8) is 0 Å². The van der Waals surface area contributed by atoms with Crippen LogP contribution < -0.4 is 5.32 Å². The molecule has 1 aromatic carbocycles. The molecule has 1 N–H and O–H groups in total. The summed E-state index contributed by atoms with van der Waals surface area (Å²) >= 11 is 0. The first kappa shape index (κ1) is 16.9. The molecule has 25 heavy (non-hydrogen) atoms. The van der Waals surface area contributed by atoms with Crippen molar-refractivity contribution in [3.05, 3.63) is 72.1 Å². The number of amides is 1. The molecular formula is C20H22N4O. The highest BCUT2D eigenvalue weighted by Gasteiger charge is 2.08. The van der Waals surface area contributed by atoms with Crippen LogP contribution >= 0.6 is 0 Å². The van der Waals surface area contributed by atoms with E-state index in [2.05, 4.69) is 26.8 Å². The van der Waals surface area contributed by atoms with E-state index >= 15 is 0 Å². The normalized spacial score (nSPS) is 10.6. The quantitative estimate of drug-likeness (QED) is 0.749. The number of aromatic nitrogens is 3. The smallest absolute Gasteiger partial charge is 0.251 e. The second kappa shape index (κ2) is 7.75. The van der Waals surface area contributed by atoms with Crippen molar-refractivity contribution >= 4 is 5.91 Å². The summed E-state index contributed by atoms with van der Waals surface area (Å²) in [7, 11) is 0. The Morgan fingerprint density at radius 2 is 1.88 bits per heavy atom. The number of hydrogen-bond acceptors (Lipinski definition) is 3. The molecule has 0 atom stereocenters. The Balaban J connectivity index is 1.65. The van der Waals surface area contributed by atoms with Crippen LogP contribution in [0.3, 0.4) is 0 Å². The SMILES string of the molecule is CCCn1ccnc1CNC(=O)c1ccc(-c2ccnc(C)c2)cc1. The summed E-state index contributed by atoms with van der Waals surface area (Å²) in [5, 5.41) is 2.94. The Kier molecular flexibility index (Phi) is 5.23. The molecule has 0 spiro atoms. The van der Waals surface area contributed by atoms with E-state index in [-0.39, 0.29) is 5.91 Å². The maximum Gasteiger partial charge on any atom is 0.251 e. The van der Waals surface area contributed by atoms with Gasteiger partial charge < -0.3 is 9.88 Å². The van der Waals surface area contributed by atoms with Crippen LogP contribution in [-0.4, -0.2) is 20.4 Å². The summed E-state index contributed by atoms with van der Waals surface area (Å²) in [4.78, 5) is 20.9. The molecule has 2 aromatic heterocycles. The molecule has 3 rings (SSSR count). The molecule has 0 unspecified atom stereocenters. The lowest BCUT2D eigenvalue weighted by Gasteiger charge is -2.09. The molecule has 5 nitrogen and oxygen atoms in total. The topological polar surface area (TPSA) is 59.8 Å². The first-order valence-corrected chi connectivity index (χ1v) is 8.48. The van der Waals surface area contributed by atoms with Crippen molar-refractivity contribution in [3.8, 4) is 11.1 Å². The lowest BCUT2D eigenvalue weighted by Crippen LogP contribution is -2.24. The molecule has 0 saturated carbocycles. The third-order valence-corrected chi connectivity index (χ3v) is 4.05. The lowest BCUT2D eigenvalue weighted by molar-refractivity contribution is 0.0949. The summed E-state index contributed by atoms with van der Waals surface area (Å²) in [6.07, 6.45) is 6.54. The van der Waals surface area contributed by atoms with Crippen LogP contribution in [0.1, 0.15) is 35.2 Å². The molecule has 0 radical (unpaired) electrons. The van der Waals surface area contributed by atoms with Crippen LogP contribution in [0.4, 0.5) is 0 Å². The minimum Gasteiger partial charge on any atom is -0.345 e. The third kappa shape index (κ3) is 4.12. The van der Waals surface area contributed by atoms with Crippen molar-refractivity contribution in [2.45, 2.75) is 33.4 Å². The number of aryl methyl sites for hydroxylation is 2. The summed E-state index contributed by atoms with van der Waals surface area (Å²) in [6, 6.07) is 11.6. The predicted molar refractivity (Wildman–Crippen MR) is 98.1 cm³/mol. The molecule has 0 fully saturated rings. The van der Waals surface area contributed by atoms with Crippen LogP contribution in [0.25, 0.3) is 11.1 Å². The third-order valence-electron chi connectivity index (χ3n) is 4.05. The van der Waals surface area contributed by atoms with Gasteiger partial charge in [-0.3, -0.25) is 9.78 Å². The van der Waals surface area contributed by atoms with Gasteiger partial charge in [-0.2, -0.15) is 0 Å². The van der Waals surface area contributed by atoms with Crippen LogP contribution in [0.15, 0.2) is 55.0 Å². The number of rotatable bonds is 6. The van der Waals surface area contributed by atoms with Gasteiger partial charge in [0.2, 0.25) is 0 Å². The van der Waals surface area contributed by atoms with Gasteiger partial charge in [-0.25, -0.2) is 4.98 Å². The molecule has 0 aliphatic heterocycles. The second-order valence-electron chi connectivity index (χ2n) is 5.98. The first-order valence-electron chi connectivity index (χ1n) is 8.48. The number of hydrogen-bond donors (Lipinski definition) is 1. The maximum absolute atomic E-state index is 12.4. The number of nitrogens with one attached hydrogen (secondary N) is 1. The molecular weight excluding hydrogens is 312 g/mol. The van der Waals surface area contributed by atoms with Crippen molar-refractivity contribution < 1.29 is 4.79 Å². The Labute approximate surface area is 147 Å². The van der Waals surface area contributed by atoms with Gasteiger partial charge in [0.1, 0.15) is 5.82 Å². The monoisotopic (exact) mass is 334 g/mol. The van der Waals surface area contributed by atoms with Gasteiger partial charge in [-0.15, -0.1) is 0 Å². The Hall–Kier alpha value is -2.95. The highest BCUT2D eigenvalue weighted by atomic mass is 16.1. The average Bonchev–Trinajstić information content (AvgIpc) is 3.07. The van der Waals surface area contributed by atoms with Crippen LogP contribution in [-0.2, 0) is 13.1 Å². The van der Waals surface area contributed by atoms with Gasteiger partial charge in [0.05, 0.1) is 6.54 Å². The number of imidazole rings is 1. The van der Waals surface area contributed by atoms with E-state index in [9.17, 15) is 4.79 Å². The standard InChI is InChI=1S/C20H22N4O/c1-3-11-24-12-10-22-19(24)14-23-20(25)17-6-4-16(5-7-17)18-8-9-21-15(2)13-18/h4-10,12-13H,3,11,14H2,1-2H3,(H,23,25). The van der Waals surface area contributed by atoms with Crippen molar-refractivity contribution in [2.24, 2.45) is 0 Å². The molecule has 3 aromatic rings. The van der Waals surface area contributed by atoms with E-state index in [0.29, 0.717) is 12.1 Å². The zero-order valence-corrected chi connectivity index (χ0v) is 14.6. The van der Waals surface area contributed by atoms with Crippen LogP contribution in [0.2, 0.25) is 0 Å². The lowest BCUT2D eigenvalue weighted by atomic mass is 10.0. The number of carbonyl (C=O) groups excluding carboxylic acids is 1. The molecule has 0 bridgehead atoms. The fraction of sp³-hybridized carbons (Fsp3) is 0.250. The average molecular weight is 334 g/mol. The van der Waals surface area contributed by atoms with E-state index < -0.39 is 0 Å². The predicted octanol–water partition coefficient (Wildman–Crippen LogP) is 3.59. The molecule has 2 heterocycles. The molecule has 0 aliphatic rings. The minimum absolute atomic E-state index is 0.0940. The Morgan fingerprint density at radius 3 is 2.60 bits per heavy atom. The summed E-state index contributed by atoms with van der Waals surface area (Å²) in [5.74, 6) is 0.780.